The molecule has 6 heteroatoms. The molecule has 0 saturated heterocycles. The van der Waals surface area contributed by atoms with E-state index < -0.39 is 18.1 Å². The SMILES string of the molecule is C=CCOC(=O)C(CCCNC)NC(=O)OCc1ccccc1. The zero-order valence-corrected chi connectivity index (χ0v) is 13.4. The van der Waals surface area contributed by atoms with Gasteiger partial charge in [-0.05, 0) is 32.0 Å². The van der Waals surface area contributed by atoms with Gasteiger partial charge < -0.3 is 20.1 Å². The van der Waals surface area contributed by atoms with Crippen LogP contribution in [0.2, 0.25) is 0 Å². The van der Waals surface area contributed by atoms with Crippen LogP contribution in [0, 0.1) is 0 Å². The standard InChI is InChI=1S/C17H24N2O4/c1-3-12-22-16(20)15(10-7-11-18-2)19-17(21)23-13-14-8-5-4-6-9-14/h3-6,8-9,15,18H,1,7,10-13H2,2H3,(H,19,21). The van der Waals surface area contributed by atoms with Crippen molar-refractivity contribution in [1.29, 1.82) is 0 Å². The summed E-state index contributed by atoms with van der Waals surface area (Å²) in [5.41, 5.74) is 0.878. The molecule has 0 aromatic heterocycles. The molecule has 1 aromatic carbocycles. The molecule has 1 unspecified atom stereocenters. The lowest BCUT2D eigenvalue weighted by molar-refractivity contribution is -0.145. The summed E-state index contributed by atoms with van der Waals surface area (Å²) in [5, 5.41) is 5.55. The Morgan fingerprint density at radius 1 is 1.26 bits per heavy atom. The molecular weight excluding hydrogens is 296 g/mol. The molecule has 23 heavy (non-hydrogen) atoms. The van der Waals surface area contributed by atoms with Gasteiger partial charge in [-0.3, -0.25) is 0 Å². The number of hydrogen-bond acceptors (Lipinski definition) is 5. The Balaban J connectivity index is 2.47. The monoisotopic (exact) mass is 320 g/mol. The Labute approximate surface area is 136 Å². The molecule has 1 atom stereocenters. The fourth-order valence-corrected chi connectivity index (χ4v) is 1.88. The molecule has 0 radical (unpaired) electrons. The van der Waals surface area contributed by atoms with Gasteiger partial charge in [0.2, 0.25) is 0 Å². The number of alkyl carbamates (subject to hydrolysis) is 1. The van der Waals surface area contributed by atoms with Crippen molar-refractivity contribution in [1.82, 2.24) is 10.6 Å². The Morgan fingerprint density at radius 3 is 2.65 bits per heavy atom. The highest BCUT2D eigenvalue weighted by molar-refractivity contribution is 5.81. The first-order valence-electron chi connectivity index (χ1n) is 7.56. The average molecular weight is 320 g/mol. The first-order chi connectivity index (χ1) is 11.2. The van der Waals surface area contributed by atoms with Crippen LogP contribution in [-0.4, -0.2) is 38.3 Å². The van der Waals surface area contributed by atoms with Gasteiger partial charge in [-0.1, -0.05) is 43.0 Å². The van der Waals surface area contributed by atoms with Gasteiger partial charge in [0.25, 0.3) is 0 Å². The van der Waals surface area contributed by atoms with E-state index in [-0.39, 0.29) is 13.2 Å². The zero-order chi connectivity index (χ0) is 16.9. The summed E-state index contributed by atoms with van der Waals surface area (Å²) in [7, 11) is 1.83. The average Bonchev–Trinajstić information content (AvgIpc) is 2.58. The summed E-state index contributed by atoms with van der Waals surface area (Å²) in [5.74, 6) is -0.488. The number of benzene rings is 1. The first kappa shape index (κ1) is 18.7. The van der Waals surface area contributed by atoms with E-state index in [0.717, 1.165) is 18.5 Å². The lowest BCUT2D eigenvalue weighted by atomic mass is 10.1. The summed E-state index contributed by atoms with van der Waals surface area (Å²) in [6.07, 6.45) is 2.04. The molecule has 0 bridgehead atoms. The van der Waals surface area contributed by atoms with Crippen LogP contribution in [0.25, 0.3) is 0 Å². The Bertz CT molecular complexity index is 491. The number of nitrogens with one attached hydrogen (secondary N) is 2. The van der Waals surface area contributed by atoms with Gasteiger partial charge in [-0.25, -0.2) is 9.59 Å². The van der Waals surface area contributed by atoms with Crippen molar-refractivity contribution in [2.45, 2.75) is 25.5 Å². The van der Waals surface area contributed by atoms with E-state index in [2.05, 4.69) is 17.2 Å². The molecule has 0 fully saturated rings. The third-order valence-corrected chi connectivity index (χ3v) is 3.05. The number of hydrogen-bond donors (Lipinski definition) is 2. The maximum atomic E-state index is 11.9. The quantitative estimate of drug-likeness (QED) is 0.392. The maximum absolute atomic E-state index is 11.9. The molecule has 0 saturated carbocycles. The van der Waals surface area contributed by atoms with E-state index >= 15 is 0 Å². The van der Waals surface area contributed by atoms with Crippen molar-refractivity contribution in [3.05, 3.63) is 48.6 Å². The molecule has 1 amide bonds. The summed E-state index contributed by atoms with van der Waals surface area (Å²) >= 11 is 0. The van der Waals surface area contributed by atoms with Crippen LogP contribution >= 0.6 is 0 Å². The number of esters is 1. The normalized spacial score (nSPS) is 11.3. The second-order valence-electron chi connectivity index (χ2n) is 4.92. The fraction of sp³-hybridized carbons (Fsp3) is 0.412. The smallest absolute Gasteiger partial charge is 0.408 e. The van der Waals surface area contributed by atoms with Gasteiger partial charge in [-0.2, -0.15) is 0 Å². The molecule has 6 nitrogen and oxygen atoms in total. The van der Waals surface area contributed by atoms with Crippen molar-refractivity contribution in [3.8, 4) is 0 Å². The van der Waals surface area contributed by atoms with Crippen molar-refractivity contribution in [2.75, 3.05) is 20.2 Å². The molecule has 0 spiro atoms. The van der Waals surface area contributed by atoms with Crippen LogP contribution in [0.1, 0.15) is 18.4 Å². The highest BCUT2D eigenvalue weighted by atomic mass is 16.6. The van der Waals surface area contributed by atoms with E-state index in [9.17, 15) is 9.59 Å². The molecule has 0 aliphatic carbocycles. The third-order valence-electron chi connectivity index (χ3n) is 3.05. The van der Waals surface area contributed by atoms with Crippen LogP contribution in [0.4, 0.5) is 4.79 Å². The Kier molecular flexibility index (Phi) is 9.16. The van der Waals surface area contributed by atoms with E-state index in [4.69, 9.17) is 9.47 Å². The Morgan fingerprint density at radius 2 is 2.00 bits per heavy atom. The number of rotatable bonds is 10. The predicted molar refractivity (Wildman–Crippen MR) is 87.9 cm³/mol. The fourth-order valence-electron chi connectivity index (χ4n) is 1.88. The van der Waals surface area contributed by atoms with Gasteiger partial charge in [0.1, 0.15) is 19.3 Å². The molecule has 1 rings (SSSR count). The molecule has 126 valence electrons. The number of carbonyl (C=O) groups is 2. The van der Waals surface area contributed by atoms with Gasteiger partial charge >= 0.3 is 12.1 Å². The van der Waals surface area contributed by atoms with Crippen molar-refractivity contribution in [3.63, 3.8) is 0 Å². The highest BCUT2D eigenvalue weighted by Crippen LogP contribution is 2.03. The molecule has 2 N–H and O–H groups in total. The van der Waals surface area contributed by atoms with Gasteiger partial charge in [-0.15, -0.1) is 0 Å². The second kappa shape index (κ2) is 11.3. The van der Waals surface area contributed by atoms with Gasteiger partial charge in [0.15, 0.2) is 0 Å². The number of carbonyl (C=O) groups excluding carboxylic acids is 2. The van der Waals surface area contributed by atoms with E-state index in [1.807, 2.05) is 37.4 Å². The van der Waals surface area contributed by atoms with Crippen molar-refractivity contribution < 1.29 is 19.1 Å². The van der Waals surface area contributed by atoms with Gasteiger partial charge in [0, 0.05) is 0 Å². The van der Waals surface area contributed by atoms with Crippen LogP contribution in [0.5, 0.6) is 0 Å². The third kappa shape index (κ3) is 8.01. The topological polar surface area (TPSA) is 76.7 Å². The summed E-state index contributed by atoms with van der Waals surface area (Å²) in [4.78, 5) is 23.8. The van der Waals surface area contributed by atoms with Crippen LogP contribution in [-0.2, 0) is 20.9 Å². The predicted octanol–water partition coefficient (Wildman–Crippen LogP) is 2.01. The minimum Gasteiger partial charge on any atom is -0.460 e. The minimum atomic E-state index is -0.730. The van der Waals surface area contributed by atoms with Crippen LogP contribution in [0.15, 0.2) is 43.0 Å². The maximum Gasteiger partial charge on any atom is 0.408 e. The van der Waals surface area contributed by atoms with Crippen molar-refractivity contribution >= 4 is 12.1 Å². The van der Waals surface area contributed by atoms with Crippen LogP contribution < -0.4 is 10.6 Å². The van der Waals surface area contributed by atoms with Gasteiger partial charge in [0.05, 0.1) is 0 Å². The summed E-state index contributed by atoms with van der Waals surface area (Å²) in [6, 6.07) is 8.60. The van der Waals surface area contributed by atoms with E-state index in [0.29, 0.717) is 6.42 Å². The molecule has 0 aliphatic rings. The lowest BCUT2D eigenvalue weighted by Gasteiger charge is -2.17. The minimum absolute atomic E-state index is 0.113. The molecule has 0 aliphatic heterocycles. The highest BCUT2D eigenvalue weighted by Gasteiger charge is 2.22. The first-order valence-corrected chi connectivity index (χ1v) is 7.56. The summed E-state index contributed by atoms with van der Waals surface area (Å²) < 4.78 is 10.1. The number of amides is 1. The lowest BCUT2D eigenvalue weighted by Crippen LogP contribution is -2.42. The largest absolute Gasteiger partial charge is 0.460 e. The summed E-state index contributed by atoms with van der Waals surface area (Å²) in [6.45, 7) is 4.50. The number of ether oxygens (including phenoxy) is 2. The Hall–Kier alpha value is -2.34. The molecule has 0 heterocycles. The zero-order valence-electron chi connectivity index (χ0n) is 13.4. The van der Waals surface area contributed by atoms with E-state index in [1.165, 1.54) is 6.08 Å². The van der Waals surface area contributed by atoms with E-state index in [1.54, 1.807) is 0 Å². The molecular formula is C17H24N2O4. The molecule has 1 aromatic rings. The van der Waals surface area contributed by atoms with Crippen LogP contribution in [0.3, 0.4) is 0 Å². The second-order valence-corrected chi connectivity index (χ2v) is 4.92. The van der Waals surface area contributed by atoms with Crippen molar-refractivity contribution in [2.24, 2.45) is 0 Å².